The Bertz CT molecular complexity index is 941. The van der Waals surface area contributed by atoms with Crippen LogP contribution in [0.3, 0.4) is 0 Å². The summed E-state index contributed by atoms with van der Waals surface area (Å²) < 4.78 is 22.9. The van der Waals surface area contributed by atoms with Crippen LogP contribution in [-0.2, 0) is 14.3 Å². The van der Waals surface area contributed by atoms with Crippen molar-refractivity contribution in [2.75, 3.05) is 20.4 Å². The molecule has 0 saturated carbocycles. The zero-order valence-electron chi connectivity index (χ0n) is 18.8. The number of carbonyl (C=O) groups excluding carboxylic acids is 2. The lowest BCUT2D eigenvalue weighted by Crippen LogP contribution is -2.52. The highest BCUT2D eigenvalue weighted by Gasteiger charge is 2.52. The summed E-state index contributed by atoms with van der Waals surface area (Å²) in [6.07, 6.45) is 7.59. The van der Waals surface area contributed by atoms with E-state index in [4.69, 9.17) is 18.9 Å². The van der Waals surface area contributed by atoms with E-state index in [0.717, 1.165) is 37.8 Å². The van der Waals surface area contributed by atoms with Gasteiger partial charge in [0.25, 0.3) is 0 Å². The van der Waals surface area contributed by atoms with Crippen LogP contribution < -0.4 is 9.47 Å². The normalized spacial score (nSPS) is 27.8. The molecule has 0 bridgehead atoms. The number of likely N-dealkylation sites (tertiary alicyclic amines) is 1. The van der Waals surface area contributed by atoms with Crippen molar-refractivity contribution in [1.82, 2.24) is 4.90 Å². The van der Waals surface area contributed by atoms with E-state index in [9.17, 15) is 9.59 Å². The second-order valence-corrected chi connectivity index (χ2v) is 9.22. The SMILES string of the molecule is CCCCCCCC(=O)O[C@H]1C=C2CCN(C)[C@H]2[C@@H]2c3cc4c(cc3C(=O)O[C@@H]21)OCO4. The lowest BCUT2D eigenvalue weighted by molar-refractivity contribution is -0.154. The first-order valence-corrected chi connectivity index (χ1v) is 11.8. The molecule has 32 heavy (non-hydrogen) atoms. The van der Waals surface area contributed by atoms with E-state index in [1.165, 1.54) is 18.4 Å². The summed E-state index contributed by atoms with van der Waals surface area (Å²) in [4.78, 5) is 27.8. The van der Waals surface area contributed by atoms with Crippen LogP contribution in [0.1, 0.15) is 73.7 Å². The summed E-state index contributed by atoms with van der Waals surface area (Å²) in [5.74, 6) is 0.468. The van der Waals surface area contributed by atoms with Crippen LogP contribution >= 0.6 is 0 Å². The van der Waals surface area contributed by atoms with Crippen molar-refractivity contribution >= 4 is 11.9 Å². The summed E-state index contributed by atoms with van der Waals surface area (Å²) >= 11 is 0. The van der Waals surface area contributed by atoms with E-state index < -0.39 is 18.2 Å². The van der Waals surface area contributed by atoms with Crippen LogP contribution in [0.25, 0.3) is 0 Å². The van der Waals surface area contributed by atoms with Crippen LogP contribution in [0.4, 0.5) is 0 Å². The molecule has 5 rings (SSSR count). The Balaban J connectivity index is 1.41. The van der Waals surface area contributed by atoms with Crippen molar-refractivity contribution in [3.63, 3.8) is 0 Å². The van der Waals surface area contributed by atoms with Crippen molar-refractivity contribution in [2.45, 2.75) is 76.0 Å². The average Bonchev–Trinajstić information content (AvgIpc) is 3.39. The third kappa shape index (κ3) is 3.76. The minimum absolute atomic E-state index is 0.108. The molecule has 7 heteroatoms. The standard InChI is InChI=1S/C25H31NO6/c1-3-4-5-6-7-8-21(27)31-20-11-15-9-10-26(2)23(15)22-16-12-18-19(30-14-29-18)13-17(16)25(28)32-24(20)22/h11-13,20,22-24H,3-10,14H2,1-2H3/t20-,22-,23+,24+/m0/s1. The number of hydrogen-bond acceptors (Lipinski definition) is 7. The Kier molecular flexibility index (Phi) is 5.84. The maximum absolute atomic E-state index is 12.9. The van der Waals surface area contributed by atoms with Gasteiger partial charge >= 0.3 is 11.9 Å². The topological polar surface area (TPSA) is 74.3 Å². The number of fused-ring (bicyclic) bond motifs is 6. The van der Waals surface area contributed by atoms with Crippen LogP contribution in [-0.4, -0.2) is 55.5 Å². The van der Waals surface area contributed by atoms with Gasteiger partial charge < -0.3 is 18.9 Å². The molecule has 1 aromatic carbocycles. The van der Waals surface area contributed by atoms with Gasteiger partial charge in [-0.3, -0.25) is 9.69 Å². The molecular formula is C25H31NO6. The number of esters is 2. The summed E-state index contributed by atoms with van der Waals surface area (Å²) in [5.41, 5.74) is 2.65. The van der Waals surface area contributed by atoms with E-state index >= 15 is 0 Å². The predicted octanol–water partition coefficient (Wildman–Crippen LogP) is 3.95. The second kappa shape index (κ2) is 8.77. The Labute approximate surface area is 188 Å². The number of nitrogens with zero attached hydrogens (tertiary/aromatic N) is 1. The summed E-state index contributed by atoms with van der Waals surface area (Å²) in [5, 5.41) is 0. The summed E-state index contributed by atoms with van der Waals surface area (Å²) in [6, 6.07) is 3.74. The third-order valence-electron chi connectivity index (χ3n) is 7.12. The first kappa shape index (κ1) is 21.3. The Hall–Kier alpha value is -2.54. The minimum Gasteiger partial charge on any atom is -0.454 e. The largest absolute Gasteiger partial charge is 0.454 e. The molecule has 0 amide bonds. The predicted molar refractivity (Wildman–Crippen MR) is 117 cm³/mol. The Morgan fingerprint density at radius 3 is 2.75 bits per heavy atom. The minimum atomic E-state index is -0.566. The van der Waals surface area contributed by atoms with Crippen molar-refractivity contribution in [3.8, 4) is 11.5 Å². The van der Waals surface area contributed by atoms with Crippen LogP contribution in [0.5, 0.6) is 11.5 Å². The molecule has 4 aliphatic rings. The number of hydrogen-bond donors (Lipinski definition) is 0. The molecule has 7 nitrogen and oxygen atoms in total. The quantitative estimate of drug-likeness (QED) is 0.360. The van der Waals surface area contributed by atoms with Gasteiger partial charge in [0.2, 0.25) is 6.79 Å². The van der Waals surface area contributed by atoms with Gasteiger partial charge in [-0.05, 0) is 43.7 Å². The number of benzene rings is 1. The fourth-order valence-corrected chi connectivity index (χ4v) is 5.52. The van der Waals surface area contributed by atoms with Gasteiger partial charge in [-0.15, -0.1) is 0 Å². The number of likely N-dealkylation sites (N-methyl/N-ethyl adjacent to an activating group) is 1. The lowest BCUT2D eigenvalue weighted by Gasteiger charge is -2.44. The molecule has 1 aliphatic carbocycles. The highest BCUT2D eigenvalue weighted by atomic mass is 16.7. The summed E-state index contributed by atoms with van der Waals surface area (Å²) in [6.45, 7) is 3.24. The van der Waals surface area contributed by atoms with Gasteiger partial charge in [0, 0.05) is 24.9 Å². The van der Waals surface area contributed by atoms with E-state index in [-0.39, 0.29) is 24.7 Å². The second-order valence-electron chi connectivity index (χ2n) is 9.22. The molecule has 4 atom stereocenters. The van der Waals surface area contributed by atoms with Crippen molar-refractivity contribution in [2.24, 2.45) is 0 Å². The van der Waals surface area contributed by atoms with E-state index in [1.54, 1.807) is 6.07 Å². The average molecular weight is 442 g/mol. The fourth-order valence-electron chi connectivity index (χ4n) is 5.52. The zero-order valence-corrected chi connectivity index (χ0v) is 18.8. The molecule has 0 N–H and O–H groups in total. The zero-order chi connectivity index (χ0) is 22.2. The number of ether oxygens (including phenoxy) is 4. The molecule has 0 spiro atoms. The van der Waals surface area contributed by atoms with Crippen molar-refractivity contribution in [1.29, 1.82) is 0 Å². The maximum Gasteiger partial charge on any atom is 0.339 e. The molecule has 1 saturated heterocycles. The van der Waals surface area contributed by atoms with Crippen LogP contribution in [0, 0.1) is 0 Å². The lowest BCUT2D eigenvalue weighted by atomic mass is 9.73. The number of unbranched alkanes of at least 4 members (excludes halogenated alkanes) is 4. The highest BCUT2D eigenvalue weighted by Crippen LogP contribution is 2.49. The van der Waals surface area contributed by atoms with Gasteiger partial charge in [-0.1, -0.05) is 38.2 Å². The van der Waals surface area contributed by atoms with Crippen LogP contribution in [0.15, 0.2) is 23.8 Å². The van der Waals surface area contributed by atoms with Gasteiger partial charge in [0.15, 0.2) is 23.7 Å². The Morgan fingerprint density at radius 1 is 1.16 bits per heavy atom. The summed E-state index contributed by atoms with van der Waals surface area (Å²) in [7, 11) is 2.09. The first-order valence-electron chi connectivity index (χ1n) is 11.8. The van der Waals surface area contributed by atoms with E-state index in [0.29, 0.717) is 23.5 Å². The molecule has 1 fully saturated rings. The van der Waals surface area contributed by atoms with Crippen molar-refractivity contribution < 1.29 is 28.5 Å². The molecule has 3 heterocycles. The maximum atomic E-state index is 12.9. The monoisotopic (exact) mass is 441 g/mol. The fraction of sp³-hybridized carbons (Fsp3) is 0.600. The van der Waals surface area contributed by atoms with Gasteiger partial charge in [-0.2, -0.15) is 0 Å². The Morgan fingerprint density at radius 2 is 1.94 bits per heavy atom. The first-order chi connectivity index (χ1) is 15.6. The van der Waals surface area contributed by atoms with E-state index in [2.05, 4.69) is 18.9 Å². The molecule has 3 aliphatic heterocycles. The van der Waals surface area contributed by atoms with Gasteiger partial charge in [0.1, 0.15) is 0 Å². The van der Waals surface area contributed by atoms with Crippen LogP contribution in [0.2, 0.25) is 0 Å². The third-order valence-corrected chi connectivity index (χ3v) is 7.12. The molecule has 0 radical (unpaired) electrons. The van der Waals surface area contributed by atoms with Gasteiger partial charge in [-0.25, -0.2) is 4.79 Å². The highest BCUT2D eigenvalue weighted by molar-refractivity contribution is 5.94. The molecule has 1 aromatic rings. The van der Waals surface area contributed by atoms with Crippen molar-refractivity contribution in [3.05, 3.63) is 34.9 Å². The van der Waals surface area contributed by atoms with Gasteiger partial charge in [0.05, 0.1) is 5.56 Å². The smallest absolute Gasteiger partial charge is 0.339 e. The molecule has 172 valence electrons. The molecule has 0 aromatic heterocycles. The number of carbonyl (C=O) groups is 2. The van der Waals surface area contributed by atoms with E-state index in [1.807, 2.05) is 12.1 Å². The molecule has 0 unspecified atom stereocenters. The number of rotatable bonds is 7. The molecular weight excluding hydrogens is 410 g/mol.